The molecule has 0 spiro atoms. The molecule has 0 atom stereocenters. The van der Waals surface area contributed by atoms with Crippen molar-refractivity contribution in [3.63, 3.8) is 0 Å². The summed E-state index contributed by atoms with van der Waals surface area (Å²) in [5.41, 5.74) is 0.350. The van der Waals surface area contributed by atoms with Crippen molar-refractivity contribution in [3.8, 4) is 0 Å². The molecule has 0 saturated heterocycles. The van der Waals surface area contributed by atoms with Gasteiger partial charge in [0, 0.05) is 12.6 Å². The van der Waals surface area contributed by atoms with Gasteiger partial charge in [-0.3, -0.25) is 0 Å². The number of halogens is 1. The number of sulfone groups is 1. The van der Waals surface area contributed by atoms with Crippen molar-refractivity contribution < 1.29 is 12.8 Å². The quantitative estimate of drug-likeness (QED) is 0.822. The van der Waals surface area contributed by atoms with Crippen LogP contribution in [-0.4, -0.2) is 26.8 Å². The molecule has 0 heterocycles. The largest absolute Gasteiger partial charge is 0.314 e. The van der Waals surface area contributed by atoms with Crippen LogP contribution in [0.5, 0.6) is 0 Å². The Hall–Kier alpha value is -0.940. The first-order valence-electron chi connectivity index (χ1n) is 5.55. The number of hydrogen-bond donors (Lipinski definition) is 1. The zero-order valence-electron chi connectivity index (χ0n) is 10.3. The van der Waals surface area contributed by atoms with Crippen molar-refractivity contribution in [3.05, 3.63) is 29.6 Å². The zero-order valence-corrected chi connectivity index (χ0v) is 11.1. The summed E-state index contributed by atoms with van der Waals surface area (Å²) < 4.78 is 36.9. The summed E-state index contributed by atoms with van der Waals surface area (Å²) in [5, 5.41) is 3.04. The van der Waals surface area contributed by atoms with E-state index in [0.29, 0.717) is 12.1 Å². The molecule has 0 unspecified atom stereocenters. The number of benzene rings is 1. The molecule has 1 rings (SSSR count). The highest BCUT2D eigenvalue weighted by Crippen LogP contribution is 2.15. The molecule has 1 aromatic rings. The van der Waals surface area contributed by atoms with Crippen LogP contribution in [-0.2, 0) is 9.84 Å². The first-order valence-corrected chi connectivity index (χ1v) is 7.20. The minimum atomic E-state index is -3.32. The van der Waals surface area contributed by atoms with E-state index in [1.165, 1.54) is 18.2 Å². The fraction of sp³-hybridized carbons (Fsp3) is 0.500. The number of hydrogen-bond acceptors (Lipinski definition) is 3. The van der Waals surface area contributed by atoms with Crippen molar-refractivity contribution in [1.82, 2.24) is 5.32 Å². The third-order valence-electron chi connectivity index (χ3n) is 2.41. The molecule has 0 amide bonds. The van der Waals surface area contributed by atoms with Crippen LogP contribution in [0.3, 0.4) is 0 Å². The third-order valence-corrected chi connectivity index (χ3v) is 4.13. The highest BCUT2D eigenvalue weighted by molar-refractivity contribution is 7.91. The van der Waals surface area contributed by atoms with E-state index in [4.69, 9.17) is 0 Å². The highest BCUT2D eigenvalue weighted by Gasteiger charge is 2.15. The van der Waals surface area contributed by atoms with E-state index in [1.54, 1.807) is 6.92 Å². The van der Waals surface area contributed by atoms with Crippen molar-refractivity contribution in [1.29, 1.82) is 0 Å². The summed E-state index contributed by atoms with van der Waals surface area (Å²) in [7, 11) is -3.32. The second kappa shape index (κ2) is 5.60. The Kier molecular flexibility index (Phi) is 4.65. The van der Waals surface area contributed by atoms with E-state index < -0.39 is 9.84 Å². The molecule has 5 heteroatoms. The second-order valence-corrected chi connectivity index (χ2v) is 6.45. The lowest BCUT2D eigenvalue weighted by molar-refractivity contribution is 0.577. The molecule has 0 saturated carbocycles. The predicted octanol–water partition coefficient (Wildman–Crippen LogP) is 1.91. The van der Waals surface area contributed by atoms with Crippen LogP contribution in [0, 0.1) is 12.7 Å². The topological polar surface area (TPSA) is 46.2 Å². The van der Waals surface area contributed by atoms with Gasteiger partial charge in [0.2, 0.25) is 0 Å². The predicted molar refractivity (Wildman–Crippen MR) is 66.3 cm³/mol. The fourth-order valence-corrected chi connectivity index (χ4v) is 2.66. The standard InChI is InChI=1S/C12H18FNO2S/c1-9(2)14-6-7-17(15,16)11-4-5-12(13)10(3)8-11/h4-5,8-9,14H,6-7H2,1-3H3. The first kappa shape index (κ1) is 14.1. The van der Waals surface area contributed by atoms with E-state index in [0.717, 1.165) is 0 Å². The molecule has 0 fully saturated rings. The number of nitrogens with one attached hydrogen (secondary N) is 1. The molecular formula is C12H18FNO2S. The molecule has 0 aliphatic carbocycles. The van der Waals surface area contributed by atoms with E-state index in [2.05, 4.69) is 5.32 Å². The minimum Gasteiger partial charge on any atom is -0.314 e. The van der Waals surface area contributed by atoms with Crippen molar-refractivity contribution in [2.75, 3.05) is 12.3 Å². The Bertz CT molecular complexity index is 483. The van der Waals surface area contributed by atoms with Crippen LogP contribution in [0.15, 0.2) is 23.1 Å². The first-order chi connectivity index (χ1) is 7.83. The molecule has 0 bridgehead atoms. The third kappa shape index (κ3) is 4.09. The Labute approximate surface area is 102 Å². The molecule has 96 valence electrons. The summed E-state index contributed by atoms with van der Waals surface area (Å²) in [6, 6.07) is 4.13. The molecule has 17 heavy (non-hydrogen) atoms. The maximum absolute atomic E-state index is 13.0. The number of rotatable bonds is 5. The van der Waals surface area contributed by atoms with Crippen molar-refractivity contribution >= 4 is 9.84 Å². The molecule has 0 aromatic heterocycles. The highest BCUT2D eigenvalue weighted by atomic mass is 32.2. The monoisotopic (exact) mass is 259 g/mol. The Morgan fingerprint density at radius 3 is 2.53 bits per heavy atom. The van der Waals surface area contributed by atoms with Gasteiger partial charge < -0.3 is 5.32 Å². The average molecular weight is 259 g/mol. The van der Waals surface area contributed by atoms with Crippen molar-refractivity contribution in [2.45, 2.75) is 31.7 Å². The van der Waals surface area contributed by atoms with Gasteiger partial charge in [-0.25, -0.2) is 12.8 Å². The van der Waals surface area contributed by atoms with Gasteiger partial charge >= 0.3 is 0 Å². The van der Waals surface area contributed by atoms with Gasteiger partial charge in [0.05, 0.1) is 10.6 Å². The van der Waals surface area contributed by atoms with Crippen LogP contribution < -0.4 is 5.32 Å². The minimum absolute atomic E-state index is 0.0241. The maximum atomic E-state index is 13.0. The Morgan fingerprint density at radius 2 is 2.00 bits per heavy atom. The lowest BCUT2D eigenvalue weighted by Crippen LogP contribution is -2.28. The van der Waals surface area contributed by atoms with Gasteiger partial charge in [-0.05, 0) is 30.7 Å². The van der Waals surface area contributed by atoms with Crippen LogP contribution in [0.2, 0.25) is 0 Å². The van der Waals surface area contributed by atoms with E-state index in [-0.39, 0.29) is 22.5 Å². The molecule has 0 aliphatic rings. The Morgan fingerprint density at radius 1 is 1.35 bits per heavy atom. The summed E-state index contributed by atoms with van der Waals surface area (Å²) in [4.78, 5) is 0.182. The van der Waals surface area contributed by atoms with Gasteiger partial charge in [-0.15, -0.1) is 0 Å². The van der Waals surface area contributed by atoms with Gasteiger partial charge in [0.1, 0.15) is 5.82 Å². The van der Waals surface area contributed by atoms with Crippen LogP contribution in [0.1, 0.15) is 19.4 Å². The Balaban J connectivity index is 2.79. The summed E-state index contributed by atoms with van der Waals surface area (Å²) in [6.07, 6.45) is 0. The lowest BCUT2D eigenvalue weighted by atomic mass is 10.2. The molecular weight excluding hydrogens is 241 g/mol. The van der Waals surface area contributed by atoms with Gasteiger partial charge in [0.15, 0.2) is 9.84 Å². The van der Waals surface area contributed by atoms with Crippen LogP contribution in [0.4, 0.5) is 4.39 Å². The lowest BCUT2D eigenvalue weighted by Gasteiger charge is -2.09. The van der Waals surface area contributed by atoms with E-state index in [1.807, 2.05) is 13.8 Å². The molecule has 3 nitrogen and oxygen atoms in total. The SMILES string of the molecule is Cc1cc(S(=O)(=O)CCNC(C)C)ccc1F. The van der Waals surface area contributed by atoms with E-state index in [9.17, 15) is 12.8 Å². The summed E-state index contributed by atoms with van der Waals surface area (Å²) >= 11 is 0. The van der Waals surface area contributed by atoms with Gasteiger partial charge in [-0.1, -0.05) is 13.8 Å². The molecule has 1 N–H and O–H groups in total. The van der Waals surface area contributed by atoms with Gasteiger partial charge in [0.25, 0.3) is 0 Å². The maximum Gasteiger partial charge on any atom is 0.179 e. The normalized spacial score (nSPS) is 12.1. The molecule has 0 radical (unpaired) electrons. The van der Waals surface area contributed by atoms with E-state index >= 15 is 0 Å². The summed E-state index contributed by atoms with van der Waals surface area (Å²) in [5.74, 6) is -0.361. The second-order valence-electron chi connectivity index (χ2n) is 4.34. The average Bonchev–Trinajstić information content (AvgIpc) is 2.21. The van der Waals surface area contributed by atoms with Crippen LogP contribution in [0.25, 0.3) is 0 Å². The zero-order chi connectivity index (χ0) is 13.1. The summed E-state index contributed by atoms with van der Waals surface area (Å²) in [6.45, 7) is 5.86. The van der Waals surface area contributed by atoms with Crippen molar-refractivity contribution in [2.24, 2.45) is 0 Å². The molecule has 0 aliphatic heterocycles. The number of aryl methyl sites for hydroxylation is 1. The van der Waals surface area contributed by atoms with Crippen LogP contribution >= 0.6 is 0 Å². The molecule has 1 aromatic carbocycles. The smallest absolute Gasteiger partial charge is 0.179 e. The van der Waals surface area contributed by atoms with Gasteiger partial charge in [-0.2, -0.15) is 0 Å². The fourth-order valence-electron chi connectivity index (χ4n) is 1.41.